The Labute approximate surface area is 159 Å². The van der Waals surface area contributed by atoms with Crippen molar-refractivity contribution in [2.45, 2.75) is 50.7 Å². The van der Waals surface area contributed by atoms with Gasteiger partial charge in [0.1, 0.15) is 0 Å². The molecule has 0 aromatic heterocycles. The number of amides is 3. The van der Waals surface area contributed by atoms with E-state index in [0.717, 1.165) is 31.4 Å². The van der Waals surface area contributed by atoms with Crippen LogP contribution >= 0.6 is 0 Å². The zero-order valence-corrected chi connectivity index (χ0v) is 15.5. The standard InChI is InChI=1S/C22H25N3O2/c1-15-7-9-17(10-8-15)24-22(27)25-19-11-12-20(25)14-18(13-19)23-21(26)16-5-3-2-4-6-16/h2-10,18-20H,11-14H2,1H3,(H,23,26)(H,24,27)/t18?,19-,20+. The summed E-state index contributed by atoms with van der Waals surface area (Å²) in [7, 11) is 0. The van der Waals surface area contributed by atoms with Crippen molar-refractivity contribution in [1.29, 1.82) is 0 Å². The van der Waals surface area contributed by atoms with Crippen molar-refractivity contribution in [2.24, 2.45) is 0 Å². The number of anilines is 1. The van der Waals surface area contributed by atoms with Gasteiger partial charge in [0.05, 0.1) is 0 Å². The molecule has 1 unspecified atom stereocenters. The minimum Gasteiger partial charge on any atom is -0.349 e. The minimum atomic E-state index is -0.0300. The van der Waals surface area contributed by atoms with E-state index in [9.17, 15) is 9.59 Å². The van der Waals surface area contributed by atoms with Gasteiger partial charge in [-0.05, 0) is 56.9 Å². The topological polar surface area (TPSA) is 61.4 Å². The van der Waals surface area contributed by atoms with E-state index in [-0.39, 0.29) is 30.1 Å². The Balaban J connectivity index is 1.38. The van der Waals surface area contributed by atoms with Crippen LogP contribution in [0.15, 0.2) is 54.6 Å². The smallest absolute Gasteiger partial charge is 0.322 e. The van der Waals surface area contributed by atoms with Gasteiger partial charge in [0, 0.05) is 29.4 Å². The van der Waals surface area contributed by atoms with E-state index in [2.05, 4.69) is 10.6 Å². The van der Waals surface area contributed by atoms with Crippen LogP contribution in [-0.4, -0.2) is 35.0 Å². The summed E-state index contributed by atoms with van der Waals surface area (Å²) in [6.07, 6.45) is 3.64. The SMILES string of the molecule is Cc1ccc(NC(=O)N2[C@@H]3CC[C@H]2CC(NC(=O)c2ccccc2)C3)cc1. The molecule has 140 valence electrons. The molecule has 5 nitrogen and oxygen atoms in total. The Morgan fingerprint density at radius 3 is 2.19 bits per heavy atom. The maximum absolute atomic E-state index is 12.8. The summed E-state index contributed by atoms with van der Waals surface area (Å²) in [5.41, 5.74) is 2.68. The first-order valence-corrected chi connectivity index (χ1v) is 9.62. The van der Waals surface area contributed by atoms with Crippen LogP contribution in [0, 0.1) is 6.92 Å². The largest absolute Gasteiger partial charge is 0.349 e. The van der Waals surface area contributed by atoms with Crippen molar-refractivity contribution < 1.29 is 9.59 Å². The molecule has 2 aliphatic rings. The fraction of sp³-hybridized carbons (Fsp3) is 0.364. The lowest BCUT2D eigenvalue weighted by molar-refractivity contribution is 0.0891. The van der Waals surface area contributed by atoms with Crippen LogP contribution in [0.1, 0.15) is 41.6 Å². The molecule has 0 aliphatic carbocycles. The van der Waals surface area contributed by atoms with Crippen LogP contribution in [0.3, 0.4) is 0 Å². The molecule has 4 rings (SSSR count). The second kappa shape index (κ2) is 7.43. The van der Waals surface area contributed by atoms with Crippen LogP contribution in [0.5, 0.6) is 0 Å². The summed E-state index contributed by atoms with van der Waals surface area (Å²) in [5.74, 6) is -0.0300. The van der Waals surface area contributed by atoms with Gasteiger partial charge in [0.15, 0.2) is 0 Å². The number of urea groups is 1. The van der Waals surface area contributed by atoms with Crippen LogP contribution in [-0.2, 0) is 0 Å². The third-order valence-electron chi connectivity index (χ3n) is 5.64. The molecule has 2 fully saturated rings. The number of rotatable bonds is 3. The summed E-state index contributed by atoms with van der Waals surface area (Å²) in [6.45, 7) is 2.03. The van der Waals surface area contributed by atoms with Gasteiger partial charge in [0.2, 0.25) is 0 Å². The molecule has 0 spiro atoms. The predicted molar refractivity (Wildman–Crippen MR) is 106 cm³/mol. The summed E-state index contributed by atoms with van der Waals surface area (Å²) < 4.78 is 0. The second-order valence-electron chi connectivity index (χ2n) is 7.60. The first-order chi connectivity index (χ1) is 13.1. The number of aryl methyl sites for hydroxylation is 1. The van der Waals surface area contributed by atoms with Gasteiger partial charge in [-0.2, -0.15) is 0 Å². The van der Waals surface area contributed by atoms with E-state index in [1.807, 2.05) is 66.4 Å². The van der Waals surface area contributed by atoms with Crippen molar-refractivity contribution in [3.05, 3.63) is 65.7 Å². The number of nitrogens with zero attached hydrogens (tertiary/aromatic N) is 1. The average molecular weight is 363 g/mol. The fourth-order valence-corrected chi connectivity index (χ4v) is 4.31. The molecular formula is C22H25N3O2. The average Bonchev–Trinajstić information content (AvgIpc) is 2.95. The lowest BCUT2D eigenvalue weighted by Crippen LogP contribution is -2.53. The molecule has 3 amide bonds. The molecular weight excluding hydrogens is 338 g/mol. The molecule has 2 bridgehead atoms. The molecule has 5 heteroatoms. The number of carbonyl (C=O) groups is 2. The molecule has 2 heterocycles. The predicted octanol–water partition coefficient (Wildman–Crippen LogP) is 3.95. The van der Waals surface area contributed by atoms with E-state index < -0.39 is 0 Å². The van der Waals surface area contributed by atoms with Crippen molar-refractivity contribution in [3.63, 3.8) is 0 Å². The Kier molecular flexibility index (Phi) is 4.84. The van der Waals surface area contributed by atoms with E-state index in [1.54, 1.807) is 0 Å². The number of nitrogens with one attached hydrogen (secondary N) is 2. The number of hydrogen-bond acceptors (Lipinski definition) is 2. The van der Waals surface area contributed by atoms with Crippen LogP contribution in [0.4, 0.5) is 10.5 Å². The molecule has 2 N–H and O–H groups in total. The zero-order chi connectivity index (χ0) is 18.8. The summed E-state index contributed by atoms with van der Waals surface area (Å²) in [5, 5.41) is 6.17. The number of benzene rings is 2. The van der Waals surface area contributed by atoms with E-state index in [0.29, 0.717) is 5.56 Å². The zero-order valence-electron chi connectivity index (χ0n) is 15.5. The molecule has 3 atom stereocenters. The number of carbonyl (C=O) groups excluding carboxylic acids is 2. The van der Waals surface area contributed by atoms with E-state index in [1.165, 1.54) is 5.56 Å². The van der Waals surface area contributed by atoms with Gasteiger partial charge in [0.25, 0.3) is 5.91 Å². The first kappa shape index (κ1) is 17.6. The Hall–Kier alpha value is -2.82. The van der Waals surface area contributed by atoms with Crippen molar-refractivity contribution >= 4 is 17.6 Å². The van der Waals surface area contributed by atoms with E-state index >= 15 is 0 Å². The summed E-state index contributed by atoms with van der Waals surface area (Å²) >= 11 is 0. The Morgan fingerprint density at radius 1 is 0.926 bits per heavy atom. The Morgan fingerprint density at radius 2 is 1.56 bits per heavy atom. The summed E-state index contributed by atoms with van der Waals surface area (Å²) in [4.78, 5) is 27.2. The molecule has 0 saturated carbocycles. The van der Waals surface area contributed by atoms with Crippen LogP contribution < -0.4 is 10.6 Å². The first-order valence-electron chi connectivity index (χ1n) is 9.62. The molecule has 2 saturated heterocycles. The Bertz CT molecular complexity index is 805. The van der Waals surface area contributed by atoms with Crippen molar-refractivity contribution in [1.82, 2.24) is 10.2 Å². The van der Waals surface area contributed by atoms with Gasteiger partial charge in [-0.25, -0.2) is 4.79 Å². The lowest BCUT2D eigenvalue weighted by atomic mass is 9.97. The maximum atomic E-state index is 12.8. The highest BCUT2D eigenvalue weighted by atomic mass is 16.2. The quantitative estimate of drug-likeness (QED) is 0.867. The van der Waals surface area contributed by atoms with Crippen molar-refractivity contribution in [3.8, 4) is 0 Å². The molecule has 2 aromatic rings. The van der Waals surface area contributed by atoms with Gasteiger partial charge in [-0.3, -0.25) is 4.79 Å². The van der Waals surface area contributed by atoms with Crippen molar-refractivity contribution in [2.75, 3.05) is 5.32 Å². The monoisotopic (exact) mass is 363 g/mol. The molecule has 2 aromatic carbocycles. The minimum absolute atomic E-state index is 0.0285. The lowest BCUT2D eigenvalue weighted by Gasteiger charge is -2.39. The maximum Gasteiger partial charge on any atom is 0.322 e. The van der Waals surface area contributed by atoms with E-state index in [4.69, 9.17) is 0 Å². The highest BCUT2D eigenvalue weighted by Gasteiger charge is 2.43. The van der Waals surface area contributed by atoms with Gasteiger partial charge >= 0.3 is 6.03 Å². The van der Waals surface area contributed by atoms with Gasteiger partial charge in [-0.1, -0.05) is 35.9 Å². The number of hydrogen-bond donors (Lipinski definition) is 2. The normalized spacial score (nSPS) is 23.7. The highest BCUT2D eigenvalue weighted by molar-refractivity contribution is 5.94. The molecule has 27 heavy (non-hydrogen) atoms. The van der Waals surface area contributed by atoms with Gasteiger partial charge < -0.3 is 15.5 Å². The second-order valence-corrected chi connectivity index (χ2v) is 7.60. The fourth-order valence-electron chi connectivity index (χ4n) is 4.31. The number of piperidine rings is 1. The van der Waals surface area contributed by atoms with Crippen LogP contribution in [0.2, 0.25) is 0 Å². The van der Waals surface area contributed by atoms with Gasteiger partial charge in [-0.15, -0.1) is 0 Å². The third kappa shape index (κ3) is 3.82. The highest BCUT2D eigenvalue weighted by Crippen LogP contribution is 2.36. The van der Waals surface area contributed by atoms with Crippen LogP contribution in [0.25, 0.3) is 0 Å². The summed E-state index contributed by atoms with van der Waals surface area (Å²) in [6, 6.07) is 17.6. The molecule has 2 aliphatic heterocycles. The third-order valence-corrected chi connectivity index (χ3v) is 5.64. The number of fused-ring (bicyclic) bond motifs is 2. The molecule has 0 radical (unpaired) electrons.